The van der Waals surface area contributed by atoms with Gasteiger partial charge in [-0.2, -0.15) is 0 Å². The molecule has 0 aromatic heterocycles. The Bertz CT molecular complexity index is 428. The molecular formula is C14H19NO4. The summed E-state index contributed by atoms with van der Waals surface area (Å²) in [7, 11) is 0. The van der Waals surface area contributed by atoms with E-state index in [1.165, 1.54) is 19.1 Å². The van der Waals surface area contributed by atoms with Crippen molar-refractivity contribution >= 4 is 11.9 Å². The molecule has 0 bridgehead atoms. The van der Waals surface area contributed by atoms with E-state index >= 15 is 0 Å². The van der Waals surface area contributed by atoms with E-state index in [2.05, 4.69) is 5.32 Å². The molecule has 0 aliphatic heterocycles. The maximum atomic E-state index is 11.8. The molecular weight excluding hydrogens is 246 g/mol. The third kappa shape index (κ3) is 5.42. The number of nitrogens with one attached hydrogen (secondary N) is 1. The Hall–Kier alpha value is -2.04. The van der Waals surface area contributed by atoms with Gasteiger partial charge in [-0.15, -0.1) is 0 Å². The second kappa shape index (κ2) is 7.41. The van der Waals surface area contributed by atoms with Gasteiger partial charge in [0.1, 0.15) is 11.8 Å². The van der Waals surface area contributed by atoms with Gasteiger partial charge >= 0.3 is 5.97 Å². The summed E-state index contributed by atoms with van der Waals surface area (Å²) in [4.78, 5) is 22.9. The van der Waals surface area contributed by atoms with Crippen LogP contribution in [0.15, 0.2) is 24.3 Å². The number of carbonyl (C=O) groups is 2. The van der Waals surface area contributed by atoms with Gasteiger partial charge in [0, 0.05) is 13.3 Å². The summed E-state index contributed by atoms with van der Waals surface area (Å²) in [6, 6.07) is 5.79. The van der Waals surface area contributed by atoms with E-state index in [0.717, 1.165) is 12.0 Å². The van der Waals surface area contributed by atoms with Crippen LogP contribution in [-0.2, 0) is 20.7 Å². The summed E-state index contributed by atoms with van der Waals surface area (Å²) in [5.74, 6) is -0.560. The van der Waals surface area contributed by atoms with E-state index in [4.69, 9.17) is 4.74 Å². The minimum absolute atomic E-state index is 0.161. The Balaban J connectivity index is 2.70. The number of phenolic OH excluding ortho intramolecular Hbond substituents is 1. The van der Waals surface area contributed by atoms with E-state index in [0.29, 0.717) is 13.0 Å². The molecule has 0 fully saturated rings. The number of carbonyl (C=O) groups excluding carboxylic acids is 2. The number of rotatable bonds is 6. The lowest BCUT2D eigenvalue weighted by Crippen LogP contribution is -2.42. The normalized spacial score (nSPS) is 11.7. The fourth-order valence-electron chi connectivity index (χ4n) is 1.61. The Labute approximate surface area is 112 Å². The molecule has 5 heteroatoms. The smallest absolute Gasteiger partial charge is 0.328 e. The van der Waals surface area contributed by atoms with Crippen molar-refractivity contribution in [3.05, 3.63) is 29.8 Å². The third-order valence-corrected chi connectivity index (χ3v) is 2.49. The Morgan fingerprint density at radius 1 is 1.32 bits per heavy atom. The van der Waals surface area contributed by atoms with Crippen molar-refractivity contribution in [2.45, 2.75) is 32.7 Å². The van der Waals surface area contributed by atoms with Gasteiger partial charge in [0.05, 0.1) is 6.61 Å². The van der Waals surface area contributed by atoms with Gasteiger partial charge in [0.25, 0.3) is 0 Å². The number of benzene rings is 1. The molecule has 0 saturated carbocycles. The monoisotopic (exact) mass is 265 g/mol. The molecule has 104 valence electrons. The zero-order chi connectivity index (χ0) is 14.3. The van der Waals surface area contributed by atoms with Gasteiger partial charge in [-0.05, 0) is 24.1 Å². The van der Waals surface area contributed by atoms with Crippen LogP contribution in [0.5, 0.6) is 5.75 Å². The van der Waals surface area contributed by atoms with Crippen molar-refractivity contribution < 1.29 is 19.4 Å². The molecule has 1 aromatic rings. The molecule has 5 nitrogen and oxygen atoms in total. The predicted octanol–water partition coefficient (Wildman–Crippen LogP) is 1.39. The zero-order valence-electron chi connectivity index (χ0n) is 11.2. The van der Waals surface area contributed by atoms with Crippen molar-refractivity contribution in [1.82, 2.24) is 5.32 Å². The van der Waals surface area contributed by atoms with E-state index in [1.54, 1.807) is 12.1 Å². The SMILES string of the molecule is CCCOC(=O)[C@H](Cc1ccc(O)cc1)NC(C)=O. The molecule has 0 aliphatic carbocycles. The molecule has 1 aromatic carbocycles. The Morgan fingerprint density at radius 3 is 2.47 bits per heavy atom. The zero-order valence-corrected chi connectivity index (χ0v) is 11.2. The van der Waals surface area contributed by atoms with Gasteiger partial charge in [0.15, 0.2) is 0 Å². The maximum Gasteiger partial charge on any atom is 0.328 e. The molecule has 19 heavy (non-hydrogen) atoms. The van der Waals surface area contributed by atoms with Crippen LogP contribution in [-0.4, -0.2) is 29.6 Å². The maximum absolute atomic E-state index is 11.8. The van der Waals surface area contributed by atoms with Crippen molar-refractivity contribution in [3.63, 3.8) is 0 Å². The molecule has 0 radical (unpaired) electrons. The molecule has 2 N–H and O–H groups in total. The summed E-state index contributed by atoms with van der Waals surface area (Å²) in [5, 5.41) is 11.8. The fourth-order valence-corrected chi connectivity index (χ4v) is 1.61. The largest absolute Gasteiger partial charge is 0.508 e. The average Bonchev–Trinajstić information content (AvgIpc) is 2.37. The number of esters is 1. The molecule has 0 saturated heterocycles. The predicted molar refractivity (Wildman–Crippen MR) is 70.7 cm³/mol. The molecule has 0 unspecified atom stereocenters. The van der Waals surface area contributed by atoms with Gasteiger partial charge in [0.2, 0.25) is 5.91 Å². The molecule has 0 heterocycles. The van der Waals surface area contributed by atoms with Crippen molar-refractivity contribution in [3.8, 4) is 5.75 Å². The van der Waals surface area contributed by atoms with Crippen molar-refractivity contribution in [2.75, 3.05) is 6.61 Å². The molecule has 0 spiro atoms. The van der Waals surface area contributed by atoms with Crippen LogP contribution < -0.4 is 5.32 Å². The van der Waals surface area contributed by atoms with Gasteiger partial charge in [-0.1, -0.05) is 19.1 Å². The van der Waals surface area contributed by atoms with Crippen LogP contribution in [0.2, 0.25) is 0 Å². The minimum atomic E-state index is -0.700. The first-order chi connectivity index (χ1) is 9.02. The summed E-state index contributed by atoms with van der Waals surface area (Å²) in [6.07, 6.45) is 1.07. The lowest BCUT2D eigenvalue weighted by Gasteiger charge is -2.16. The number of ether oxygens (including phenoxy) is 1. The number of amides is 1. The van der Waals surface area contributed by atoms with Gasteiger partial charge in [-0.25, -0.2) is 4.79 Å². The quantitative estimate of drug-likeness (QED) is 0.762. The highest BCUT2D eigenvalue weighted by Gasteiger charge is 2.21. The number of aromatic hydroxyl groups is 1. The highest BCUT2D eigenvalue weighted by Crippen LogP contribution is 2.12. The van der Waals surface area contributed by atoms with Crippen molar-refractivity contribution in [1.29, 1.82) is 0 Å². The molecule has 1 amide bonds. The minimum Gasteiger partial charge on any atom is -0.508 e. The van der Waals surface area contributed by atoms with E-state index < -0.39 is 12.0 Å². The van der Waals surface area contributed by atoms with Crippen LogP contribution in [0.1, 0.15) is 25.8 Å². The summed E-state index contributed by atoms with van der Waals surface area (Å²) in [6.45, 7) is 3.60. The van der Waals surface area contributed by atoms with Crippen LogP contribution in [0.3, 0.4) is 0 Å². The topological polar surface area (TPSA) is 75.6 Å². The van der Waals surface area contributed by atoms with E-state index in [1.807, 2.05) is 6.92 Å². The van der Waals surface area contributed by atoms with Gasteiger partial charge < -0.3 is 15.2 Å². The van der Waals surface area contributed by atoms with Crippen molar-refractivity contribution in [2.24, 2.45) is 0 Å². The highest BCUT2D eigenvalue weighted by atomic mass is 16.5. The second-order valence-corrected chi connectivity index (χ2v) is 4.29. The van der Waals surface area contributed by atoms with E-state index in [9.17, 15) is 14.7 Å². The lowest BCUT2D eigenvalue weighted by molar-refractivity contribution is -0.147. The lowest BCUT2D eigenvalue weighted by atomic mass is 10.1. The van der Waals surface area contributed by atoms with Gasteiger partial charge in [-0.3, -0.25) is 4.79 Å². The Morgan fingerprint density at radius 2 is 1.95 bits per heavy atom. The highest BCUT2D eigenvalue weighted by molar-refractivity contribution is 5.83. The van der Waals surface area contributed by atoms with Crippen LogP contribution >= 0.6 is 0 Å². The first-order valence-electron chi connectivity index (χ1n) is 6.24. The van der Waals surface area contributed by atoms with E-state index in [-0.39, 0.29) is 11.7 Å². The molecule has 1 atom stereocenters. The third-order valence-electron chi connectivity index (χ3n) is 2.49. The summed E-state index contributed by atoms with van der Waals surface area (Å²) >= 11 is 0. The second-order valence-electron chi connectivity index (χ2n) is 4.29. The summed E-state index contributed by atoms with van der Waals surface area (Å²) < 4.78 is 5.05. The standard InChI is InChI=1S/C14H19NO4/c1-3-8-19-14(18)13(15-10(2)16)9-11-4-6-12(17)7-5-11/h4-7,13,17H,3,8-9H2,1-2H3,(H,15,16)/t13-/m0/s1. The van der Waals surface area contributed by atoms with Crippen LogP contribution in [0.25, 0.3) is 0 Å². The number of hydrogen-bond donors (Lipinski definition) is 2. The number of phenols is 1. The Kier molecular flexibility index (Phi) is 5.85. The first kappa shape index (κ1) is 15.0. The van der Waals surface area contributed by atoms with Crippen LogP contribution in [0, 0.1) is 0 Å². The molecule has 1 rings (SSSR count). The first-order valence-corrected chi connectivity index (χ1v) is 6.24. The fraction of sp³-hybridized carbons (Fsp3) is 0.429. The number of hydrogen-bond acceptors (Lipinski definition) is 4. The summed E-state index contributed by atoms with van der Waals surface area (Å²) in [5.41, 5.74) is 0.838. The van der Waals surface area contributed by atoms with Crippen LogP contribution in [0.4, 0.5) is 0 Å². The molecule has 0 aliphatic rings. The average molecular weight is 265 g/mol.